The summed E-state index contributed by atoms with van der Waals surface area (Å²) in [5.41, 5.74) is 7.78. The molecular formula is C16H23N5O. The molecule has 6 heteroatoms. The summed E-state index contributed by atoms with van der Waals surface area (Å²) in [6.45, 7) is 5.19. The Morgan fingerprint density at radius 1 is 1.41 bits per heavy atom. The van der Waals surface area contributed by atoms with Crippen LogP contribution in [0.15, 0.2) is 18.3 Å². The van der Waals surface area contributed by atoms with E-state index in [4.69, 9.17) is 5.73 Å². The van der Waals surface area contributed by atoms with E-state index in [1.165, 1.54) is 0 Å². The van der Waals surface area contributed by atoms with Crippen molar-refractivity contribution in [1.82, 2.24) is 15.1 Å². The third-order valence-corrected chi connectivity index (χ3v) is 4.36. The molecule has 22 heavy (non-hydrogen) atoms. The molecule has 0 bridgehead atoms. The summed E-state index contributed by atoms with van der Waals surface area (Å²) in [4.78, 5) is 14.0. The van der Waals surface area contributed by atoms with Gasteiger partial charge in [0.05, 0.1) is 5.56 Å². The van der Waals surface area contributed by atoms with Crippen LogP contribution in [0.1, 0.15) is 30.1 Å². The summed E-state index contributed by atoms with van der Waals surface area (Å²) in [6, 6.07) is 4.40. The number of nitrogens with two attached hydrogens (primary N) is 1. The molecule has 1 aromatic carbocycles. The van der Waals surface area contributed by atoms with Crippen molar-refractivity contribution in [3.63, 3.8) is 0 Å². The molecule has 0 aliphatic carbocycles. The number of benzene rings is 1. The van der Waals surface area contributed by atoms with E-state index < -0.39 is 5.91 Å². The predicted molar refractivity (Wildman–Crippen MR) is 88.1 cm³/mol. The van der Waals surface area contributed by atoms with E-state index in [1.54, 1.807) is 10.7 Å². The minimum atomic E-state index is -0.430. The zero-order chi connectivity index (χ0) is 15.7. The van der Waals surface area contributed by atoms with Crippen LogP contribution in [0.2, 0.25) is 0 Å². The molecule has 1 aliphatic heterocycles. The van der Waals surface area contributed by atoms with Crippen molar-refractivity contribution in [1.29, 1.82) is 0 Å². The number of hydrogen-bond donors (Lipinski definition) is 2. The average molecular weight is 301 g/mol. The molecule has 0 atom stereocenters. The van der Waals surface area contributed by atoms with Gasteiger partial charge in [0.1, 0.15) is 5.52 Å². The van der Waals surface area contributed by atoms with Gasteiger partial charge in [0.15, 0.2) is 0 Å². The molecule has 1 amide bonds. The number of carbonyl (C=O) groups is 1. The van der Waals surface area contributed by atoms with Gasteiger partial charge in [-0.3, -0.25) is 9.48 Å². The molecular weight excluding hydrogens is 278 g/mol. The third-order valence-electron chi connectivity index (χ3n) is 4.36. The van der Waals surface area contributed by atoms with E-state index >= 15 is 0 Å². The van der Waals surface area contributed by atoms with Gasteiger partial charge >= 0.3 is 0 Å². The molecule has 3 rings (SSSR count). The van der Waals surface area contributed by atoms with E-state index in [-0.39, 0.29) is 0 Å². The molecule has 118 valence electrons. The van der Waals surface area contributed by atoms with E-state index in [2.05, 4.69) is 22.2 Å². The summed E-state index contributed by atoms with van der Waals surface area (Å²) < 4.78 is 1.74. The van der Waals surface area contributed by atoms with Gasteiger partial charge < -0.3 is 16.0 Å². The van der Waals surface area contributed by atoms with Gasteiger partial charge in [-0.15, -0.1) is 0 Å². The molecule has 1 aliphatic rings. The molecule has 0 saturated carbocycles. The number of nitrogens with zero attached hydrogens (tertiary/aromatic N) is 3. The number of carbonyl (C=O) groups excluding carboxylic acids is 1. The number of nitrogens with one attached hydrogen (secondary N) is 1. The third kappa shape index (κ3) is 2.66. The number of aromatic nitrogens is 2. The van der Waals surface area contributed by atoms with Gasteiger partial charge in [0.25, 0.3) is 5.91 Å². The van der Waals surface area contributed by atoms with Crippen LogP contribution in [0, 0.1) is 0 Å². The number of primary amides is 1. The summed E-state index contributed by atoms with van der Waals surface area (Å²) >= 11 is 0. The molecule has 0 radical (unpaired) electrons. The summed E-state index contributed by atoms with van der Waals surface area (Å²) in [5.74, 6) is -0.430. The average Bonchev–Trinajstić information content (AvgIpc) is 2.88. The van der Waals surface area contributed by atoms with Gasteiger partial charge in [-0.05, 0) is 31.5 Å². The standard InChI is InChI=1S/C16H23N5O/c1-3-18-11-6-8-21(9-7-11)14-5-4-12(16(17)22)15-13(14)10-20(2)19-15/h4-5,10-11,18H,3,6-9H2,1-2H3,(H2,17,22). The van der Waals surface area contributed by atoms with Crippen molar-refractivity contribution in [2.45, 2.75) is 25.8 Å². The van der Waals surface area contributed by atoms with Crippen molar-refractivity contribution < 1.29 is 4.79 Å². The normalized spacial score (nSPS) is 16.4. The maximum Gasteiger partial charge on any atom is 0.250 e. The molecule has 2 aromatic rings. The fraction of sp³-hybridized carbons (Fsp3) is 0.500. The van der Waals surface area contributed by atoms with Crippen molar-refractivity contribution >= 4 is 22.5 Å². The lowest BCUT2D eigenvalue weighted by molar-refractivity contribution is 0.100. The Labute approximate surface area is 130 Å². The first-order valence-corrected chi connectivity index (χ1v) is 7.84. The Morgan fingerprint density at radius 2 is 2.14 bits per heavy atom. The molecule has 1 fully saturated rings. The van der Waals surface area contributed by atoms with Gasteiger partial charge in [-0.25, -0.2) is 0 Å². The summed E-state index contributed by atoms with van der Waals surface area (Å²) in [5, 5.41) is 8.93. The first-order chi connectivity index (χ1) is 10.6. The Morgan fingerprint density at radius 3 is 2.77 bits per heavy atom. The zero-order valence-electron chi connectivity index (χ0n) is 13.2. The van der Waals surface area contributed by atoms with E-state index in [0.29, 0.717) is 17.1 Å². The van der Waals surface area contributed by atoms with Crippen LogP contribution < -0.4 is 16.0 Å². The van der Waals surface area contributed by atoms with Crippen LogP contribution in [0.25, 0.3) is 10.9 Å². The Hall–Kier alpha value is -2.08. The van der Waals surface area contributed by atoms with Gasteiger partial charge in [-0.2, -0.15) is 5.10 Å². The van der Waals surface area contributed by atoms with Crippen molar-refractivity contribution in [2.75, 3.05) is 24.5 Å². The molecule has 1 saturated heterocycles. The highest BCUT2D eigenvalue weighted by Gasteiger charge is 2.22. The largest absolute Gasteiger partial charge is 0.371 e. The highest BCUT2D eigenvalue weighted by molar-refractivity contribution is 6.08. The van der Waals surface area contributed by atoms with Crippen molar-refractivity contribution in [2.24, 2.45) is 12.8 Å². The maximum atomic E-state index is 11.6. The maximum absolute atomic E-state index is 11.6. The minimum Gasteiger partial charge on any atom is -0.371 e. The summed E-state index contributed by atoms with van der Waals surface area (Å²) in [7, 11) is 1.87. The number of amides is 1. The van der Waals surface area contributed by atoms with Gasteiger partial charge in [0, 0.05) is 43.4 Å². The monoisotopic (exact) mass is 301 g/mol. The van der Waals surface area contributed by atoms with E-state index in [9.17, 15) is 4.79 Å². The fourth-order valence-electron chi connectivity index (χ4n) is 3.29. The van der Waals surface area contributed by atoms with Crippen molar-refractivity contribution in [3.05, 3.63) is 23.9 Å². The van der Waals surface area contributed by atoms with Crippen LogP contribution >= 0.6 is 0 Å². The lowest BCUT2D eigenvalue weighted by Gasteiger charge is -2.34. The predicted octanol–water partition coefficient (Wildman–Crippen LogP) is 1.25. The Bertz CT molecular complexity index is 685. The lowest BCUT2D eigenvalue weighted by Crippen LogP contribution is -2.42. The fourth-order valence-corrected chi connectivity index (χ4v) is 3.29. The first kappa shape index (κ1) is 14.8. The highest BCUT2D eigenvalue weighted by Crippen LogP contribution is 2.30. The number of fused-ring (bicyclic) bond motifs is 1. The molecule has 3 N–H and O–H groups in total. The smallest absolute Gasteiger partial charge is 0.250 e. The quantitative estimate of drug-likeness (QED) is 0.891. The van der Waals surface area contributed by atoms with Gasteiger partial charge in [0.2, 0.25) is 0 Å². The van der Waals surface area contributed by atoms with E-state index in [0.717, 1.165) is 43.5 Å². The first-order valence-electron chi connectivity index (χ1n) is 7.84. The van der Waals surface area contributed by atoms with E-state index in [1.807, 2.05) is 19.3 Å². The second-order valence-corrected chi connectivity index (χ2v) is 5.88. The van der Waals surface area contributed by atoms with Crippen LogP contribution in [-0.4, -0.2) is 41.4 Å². The molecule has 0 unspecified atom stereocenters. The van der Waals surface area contributed by atoms with Gasteiger partial charge in [-0.1, -0.05) is 6.92 Å². The lowest BCUT2D eigenvalue weighted by atomic mass is 10.0. The number of anilines is 1. The van der Waals surface area contributed by atoms with Crippen molar-refractivity contribution in [3.8, 4) is 0 Å². The van der Waals surface area contributed by atoms with Crippen LogP contribution in [0.3, 0.4) is 0 Å². The topological polar surface area (TPSA) is 76.2 Å². The Balaban J connectivity index is 1.92. The molecule has 1 aromatic heterocycles. The highest BCUT2D eigenvalue weighted by atomic mass is 16.1. The number of aryl methyl sites for hydroxylation is 1. The second-order valence-electron chi connectivity index (χ2n) is 5.88. The molecule has 0 spiro atoms. The minimum absolute atomic E-state index is 0.430. The number of piperidine rings is 1. The number of hydrogen-bond acceptors (Lipinski definition) is 4. The van der Waals surface area contributed by atoms with Crippen LogP contribution in [-0.2, 0) is 7.05 Å². The van der Waals surface area contributed by atoms with Crippen LogP contribution in [0.5, 0.6) is 0 Å². The van der Waals surface area contributed by atoms with Crippen LogP contribution in [0.4, 0.5) is 5.69 Å². The SMILES string of the molecule is CCNC1CCN(c2ccc(C(N)=O)c3nn(C)cc23)CC1. The molecule has 6 nitrogen and oxygen atoms in total. The zero-order valence-corrected chi connectivity index (χ0v) is 13.2. The second kappa shape index (κ2) is 5.96. The number of rotatable bonds is 4. The molecule has 2 heterocycles. The Kier molecular flexibility index (Phi) is 4.02. The summed E-state index contributed by atoms with van der Waals surface area (Å²) in [6.07, 6.45) is 4.23.